The molecule has 1 aliphatic heterocycles. The van der Waals surface area contributed by atoms with E-state index in [-0.39, 0.29) is 24.8 Å². The molecule has 1 N–H and O–H groups in total. The van der Waals surface area contributed by atoms with Crippen molar-refractivity contribution in [2.45, 2.75) is 65.2 Å². The zero-order valence-electron chi connectivity index (χ0n) is 12.9. The highest BCUT2D eigenvalue weighted by Gasteiger charge is 2.45. The van der Waals surface area contributed by atoms with Crippen LogP contribution in [0.15, 0.2) is 0 Å². The molecular formula is C14H23F3N2O2. The lowest BCUT2D eigenvalue weighted by Gasteiger charge is -2.44. The lowest BCUT2D eigenvalue weighted by atomic mass is 9.82. The molecule has 0 aromatic carbocycles. The summed E-state index contributed by atoms with van der Waals surface area (Å²) in [6.07, 6.45) is -4.96. The molecule has 2 amide bonds. The van der Waals surface area contributed by atoms with Crippen molar-refractivity contribution >= 4 is 11.8 Å². The first kappa shape index (κ1) is 17.8. The molecule has 0 aromatic heterocycles. The lowest BCUT2D eigenvalue weighted by Crippen LogP contribution is -2.66. The normalized spacial score (nSPS) is 24.2. The molecule has 2 unspecified atom stereocenters. The lowest BCUT2D eigenvalue weighted by molar-refractivity contribution is -0.156. The van der Waals surface area contributed by atoms with E-state index >= 15 is 0 Å². The minimum atomic E-state index is -4.25. The topological polar surface area (TPSA) is 49.4 Å². The van der Waals surface area contributed by atoms with Gasteiger partial charge in [0.25, 0.3) is 0 Å². The Balaban J connectivity index is 2.89. The monoisotopic (exact) mass is 308 g/mol. The third-order valence-electron chi connectivity index (χ3n) is 3.55. The van der Waals surface area contributed by atoms with Gasteiger partial charge in [0.15, 0.2) is 0 Å². The number of amides is 2. The van der Waals surface area contributed by atoms with E-state index in [1.54, 1.807) is 27.7 Å². The largest absolute Gasteiger partial charge is 0.389 e. The molecule has 0 spiro atoms. The number of rotatable bonds is 4. The number of carbonyl (C=O) groups excluding carboxylic acids is 2. The van der Waals surface area contributed by atoms with Crippen molar-refractivity contribution in [2.75, 3.05) is 6.54 Å². The van der Waals surface area contributed by atoms with Gasteiger partial charge in [-0.15, -0.1) is 0 Å². The molecule has 1 rings (SSSR count). The number of nitrogens with one attached hydrogen (secondary N) is 1. The van der Waals surface area contributed by atoms with Crippen LogP contribution in [-0.4, -0.2) is 41.5 Å². The fourth-order valence-electron chi connectivity index (χ4n) is 2.61. The molecule has 0 aromatic rings. The first-order valence-electron chi connectivity index (χ1n) is 7.15. The van der Waals surface area contributed by atoms with E-state index in [1.807, 2.05) is 0 Å². The first-order valence-corrected chi connectivity index (χ1v) is 7.15. The molecule has 1 aliphatic rings. The Morgan fingerprint density at radius 2 is 1.76 bits per heavy atom. The zero-order valence-corrected chi connectivity index (χ0v) is 12.9. The van der Waals surface area contributed by atoms with E-state index < -0.39 is 30.1 Å². The van der Waals surface area contributed by atoms with E-state index in [1.165, 1.54) is 4.90 Å². The smallest absolute Gasteiger partial charge is 0.342 e. The summed E-state index contributed by atoms with van der Waals surface area (Å²) in [5.74, 6) is -0.583. The van der Waals surface area contributed by atoms with Gasteiger partial charge in [-0.2, -0.15) is 13.2 Å². The van der Waals surface area contributed by atoms with E-state index in [0.29, 0.717) is 6.42 Å². The summed E-state index contributed by atoms with van der Waals surface area (Å²) < 4.78 is 36.8. The fourth-order valence-corrected chi connectivity index (χ4v) is 2.61. The maximum absolute atomic E-state index is 12.3. The van der Waals surface area contributed by atoms with Crippen molar-refractivity contribution in [1.82, 2.24) is 10.2 Å². The van der Waals surface area contributed by atoms with Crippen molar-refractivity contribution in [3.8, 4) is 0 Å². The maximum atomic E-state index is 12.3. The predicted octanol–water partition coefficient (Wildman–Crippen LogP) is 2.48. The van der Waals surface area contributed by atoms with Gasteiger partial charge < -0.3 is 10.2 Å². The van der Waals surface area contributed by atoms with Crippen LogP contribution in [0.25, 0.3) is 0 Å². The van der Waals surface area contributed by atoms with Gasteiger partial charge in [0.05, 0.1) is 0 Å². The second-order valence-corrected chi connectivity index (χ2v) is 6.49. The van der Waals surface area contributed by atoms with Crippen molar-refractivity contribution in [1.29, 1.82) is 0 Å². The summed E-state index contributed by atoms with van der Waals surface area (Å²) in [7, 11) is 0. The highest BCUT2D eigenvalue weighted by Crippen LogP contribution is 2.29. The number of hydrogen-bond acceptors (Lipinski definition) is 2. The van der Waals surface area contributed by atoms with Gasteiger partial charge in [0.1, 0.15) is 12.1 Å². The molecule has 4 nitrogen and oxygen atoms in total. The number of halogens is 3. The van der Waals surface area contributed by atoms with Crippen molar-refractivity contribution in [2.24, 2.45) is 5.41 Å². The number of carbonyl (C=O) groups is 2. The molecule has 2 atom stereocenters. The predicted molar refractivity (Wildman–Crippen MR) is 72.5 cm³/mol. The average Bonchev–Trinajstić information content (AvgIpc) is 2.29. The van der Waals surface area contributed by atoms with Crippen LogP contribution in [0.1, 0.15) is 47.0 Å². The summed E-state index contributed by atoms with van der Waals surface area (Å²) in [6, 6.07) is -1.37. The third-order valence-corrected chi connectivity index (χ3v) is 3.55. The molecule has 1 heterocycles. The third kappa shape index (κ3) is 4.61. The number of hydrogen-bond donors (Lipinski definition) is 1. The molecule has 1 fully saturated rings. The molecule has 0 aliphatic carbocycles. The Morgan fingerprint density at radius 1 is 1.19 bits per heavy atom. The Hall–Kier alpha value is -1.27. The number of alkyl halides is 3. The van der Waals surface area contributed by atoms with Gasteiger partial charge in [-0.3, -0.25) is 9.59 Å². The molecule has 0 saturated carbocycles. The molecule has 7 heteroatoms. The fraction of sp³-hybridized carbons (Fsp3) is 0.857. The van der Waals surface area contributed by atoms with Crippen LogP contribution in [-0.2, 0) is 9.59 Å². The summed E-state index contributed by atoms with van der Waals surface area (Å²) in [5, 5.41) is 2.66. The van der Waals surface area contributed by atoms with Crippen LogP contribution < -0.4 is 5.32 Å². The maximum Gasteiger partial charge on any atom is 0.389 e. The Kier molecular flexibility index (Phi) is 5.28. The zero-order chi connectivity index (χ0) is 16.4. The van der Waals surface area contributed by atoms with Gasteiger partial charge >= 0.3 is 6.18 Å². The summed E-state index contributed by atoms with van der Waals surface area (Å²) in [6.45, 7) is 7.10. The van der Waals surface area contributed by atoms with Gasteiger partial charge in [-0.25, -0.2) is 0 Å². The molecule has 0 radical (unpaired) electrons. The van der Waals surface area contributed by atoms with E-state index in [4.69, 9.17) is 0 Å². The first-order chi connectivity index (χ1) is 9.47. The number of nitrogens with zero attached hydrogens (tertiary/aromatic N) is 1. The molecular weight excluding hydrogens is 285 g/mol. The highest BCUT2D eigenvalue weighted by atomic mass is 19.4. The van der Waals surface area contributed by atoms with Crippen molar-refractivity contribution in [3.05, 3.63) is 0 Å². The average molecular weight is 308 g/mol. The minimum Gasteiger partial charge on any atom is -0.342 e. The van der Waals surface area contributed by atoms with E-state index in [2.05, 4.69) is 5.32 Å². The Bertz CT molecular complexity index is 402. The molecule has 0 bridgehead atoms. The van der Waals surface area contributed by atoms with Crippen molar-refractivity contribution in [3.63, 3.8) is 0 Å². The Morgan fingerprint density at radius 3 is 2.19 bits per heavy atom. The summed E-state index contributed by atoms with van der Waals surface area (Å²) >= 11 is 0. The Labute approximate surface area is 123 Å². The number of piperazine rings is 1. The SMILES string of the molecule is CCC1NC(=O)C(C(C)(C)C)N(CCCC(F)(F)F)C1=O. The second-order valence-electron chi connectivity index (χ2n) is 6.49. The minimum absolute atomic E-state index is 0.0514. The second kappa shape index (κ2) is 6.23. The van der Waals surface area contributed by atoms with Crippen LogP contribution in [0.3, 0.4) is 0 Å². The standard InChI is InChI=1S/C14H23F3N2O2/c1-5-9-12(21)19(8-6-7-14(15,16)17)10(11(20)18-9)13(2,3)4/h9-10H,5-8H2,1-4H3,(H,18,20). The van der Waals surface area contributed by atoms with Gasteiger partial charge in [0.2, 0.25) is 11.8 Å². The van der Waals surface area contributed by atoms with Gasteiger partial charge in [-0.1, -0.05) is 27.7 Å². The van der Waals surface area contributed by atoms with Crippen LogP contribution in [0.4, 0.5) is 13.2 Å². The van der Waals surface area contributed by atoms with Crippen molar-refractivity contribution < 1.29 is 22.8 Å². The molecule has 122 valence electrons. The highest BCUT2D eigenvalue weighted by molar-refractivity contribution is 5.97. The van der Waals surface area contributed by atoms with Crippen LogP contribution in [0.2, 0.25) is 0 Å². The van der Waals surface area contributed by atoms with E-state index in [0.717, 1.165) is 0 Å². The molecule has 1 saturated heterocycles. The van der Waals surface area contributed by atoms with E-state index in [9.17, 15) is 22.8 Å². The summed E-state index contributed by atoms with van der Waals surface area (Å²) in [4.78, 5) is 25.9. The van der Waals surface area contributed by atoms with Crippen LogP contribution >= 0.6 is 0 Å². The quantitative estimate of drug-likeness (QED) is 0.867. The van der Waals surface area contributed by atoms with Crippen LogP contribution in [0.5, 0.6) is 0 Å². The van der Waals surface area contributed by atoms with Gasteiger partial charge in [-0.05, 0) is 18.3 Å². The molecule has 21 heavy (non-hydrogen) atoms. The van der Waals surface area contributed by atoms with Gasteiger partial charge in [0, 0.05) is 13.0 Å². The van der Waals surface area contributed by atoms with Crippen LogP contribution in [0, 0.1) is 5.41 Å². The summed E-state index contributed by atoms with van der Waals surface area (Å²) in [5.41, 5.74) is -0.531.